The lowest BCUT2D eigenvalue weighted by atomic mass is 9.89. The fraction of sp³-hybridized carbons (Fsp3) is 0.731. The third-order valence-electron chi connectivity index (χ3n) is 6.47. The van der Waals surface area contributed by atoms with Crippen LogP contribution in [0.3, 0.4) is 0 Å². The Morgan fingerprint density at radius 1 is 0.897 bits per heavy atom. The second kappa shape index (κ2) is 11.0. The maximum Gasteiger partial charge on any atom is 0.309 e. The first-order valence-corrected chi connectivity index (χ1v) is 11.8. The third-order valence-corrected chi connectivity index (χ3v) is 6.47. The van der Waals surface area contributed by atoms with Crippen molar-refractivity contribution in [1.29, 1.82) is 0 Å². The van der Waals surface area contributed by atoms with Gasteiger partial charge in [-0.15, -0.1) is 0 Å². The van der Waals surface area contributed by atoms with Crippen molar-refractivity contribution in [3.8, 4) is 5.75 Å². The van der Waals surface area contributed by atoms with Gasteiger partial charge in [0.15, 0.2) is 0 Å². The highest BCUT2D eigenvalue weighted by atomic mass is 16.4. The lowest BCUT2D eigenvalue weighted by molar-refractivity contribution is -0.143. The molecule has 1 saturated carbocycles. The molecule has 0 bridgehead atoms. The lowest BCUT2D eigenvalue weighted by Crippen LogP contribution is -2.14. The van der Waals surface area contributed by atoms with Gasteiger partial charge in [0.25, 0.3) is 0 Å². The molecule has 0 heterocycles. The van der Waals surface area contributed by atoms with Crippen molar-refractivity contribution in [1.82, 2.24) is 0 Å². The van der Waals surface area contributed by atoms with E-state index in [2.05, 4.69) is 26.8 Å². The number of rotatable bonds is 14. The van der Waals surface area contributed by atoms with Crippen LogP contribution < -0.4 is 0 Å². The largest absolute Gasteiger partial charge is 0.508 e. The normalized spacial score (nSPS) is 15.4. The molecule has 1 aromatic carbocycles. The maximum absolute atomic E-state index is 11.2. The second-order valence-corrected chi connectivity index (χ2v) is 10.4. The molecule has 164 valence electrons. The van der Waals surface area contributed by atoms with Gasteiger partial charge >= 0.3 is 5.97 Å². The standard InChI is InChI=1S/C26H42O3/c1-25(2,3)16-10-6-4-8-12-21-14-15-23(27)20-22(21)13-9-5-7-11-17-26(18-19-26)24(28)29/h14-15,20,27H,4-13,16-19H2,1-3H3,(H,28,29). The quantitative estimate of drug-likeness (QED) is 0.321. The van der Waals surface area contributed by atoms with Crippen LogP contribution in [-0.4, -0.2) is 16.2 Å². The number of aromatic hydroxyl groups is 1. The summed E-state index contributed by atoms with van der Waals surface area (Å²) in [5, 5.41) is 19.1. The minimum Gasteiger partial charge on any atom is -0.508 e. The Morgan fingerprint density at radius 2 is 1.48 bits per heavy atom. The summed E-state index contributed by atoms with van der Waals surface area (Å²) < 4.78 is 0. The fourth-order valence-corrected chi connectivity index (χ4v) is 4.27. The van der Waals surface area contributed by atoms with Crippen LogP contribution in [0.5, 0.6) is 5.75 Å². The number of phenols is 1. The van der Waals surface area contributed by atoms with E-state index in [9.17, 15) is 15.0 Å². The SMILES string of the molecule is CC(C)(C)CCCCCCc1ccc(O)cc1CCCCCCC1(C(=O)O)CC1. The molecule has 29 heavy (non-hydrogen) atoms. The molecule has 0 saturated heterocycles. The van der Waals surface area contributed by atoms with Crippen LogP contribution in [0.2, 0.25) is 0 Å². The molecule has 0 amide bonds. The van der Waals surface area contributed by atoms with Crippen molar-refractivity contribution in [3.05, 3.63) is 29.3 Å². The van der Waals surface area contributed by atoms with Crippen molar-refractivity contribution in [3.63, 3.8) is 0 Å². The molecular weight excluding hydrogens is 360 g/mol. The first-order valence-electron chi connectivity index (χ1n) is 11.8. The van der Waals surface area contributed by atoms with E-state index in [4.69, 9.17) is 0 Å². The number of carboxylic acid groups (broad SMARTS) is 1. The molecule has 1 fully saturated rings. The Labute approximate surface area is 177 Å². The summed E-state index contributed by atoms with van der Waals surface area (Å²) in [5.41, 5.74) is 2.76. The summed E-state index contributed by atoms with van der Waals surface area (Å²) in [7, 11) is 0. The smallest absolute Gasteiger partial charge is 0.309 e. The van der Waals surface area contributed by atoms with Crippen LogP contribution in [-0.2, 0) is 17.6 Å². The first kappa shape index (κ1) is 23.8. The molecule has 0 aromatic heterocycles. The molecule has 0 spiro atoms. The van der Waals surface area contributed by atoms with E-state index in [1.54, 1.807) is 0 Å². The van der Waals surface area contributed by atoms with E-state index in [0.29, 0.717) is 11.2 Å². The highest BCUT2D eigenvalue weighted by Gasteiger charge is 2.49. The Hall–Kier alpha value is -1.51. The number of unbranched alkanes of at least 4 members (excludes halogenated alkanes) is 6. The van der Waals surface area contributed by atoms with Crippen molar-refractivity contribution in [2.24, 2.45) is 10.8 Å². The van der Waals surface area contributed by atoms with Gasteiger partial charge < -0.3 is 10.2 Å². The van der Waals surface area contributed by atoms with Crippen LogP contribution in [0.15, 0.2) is 18.2 Å². The van der Waals surface area contributed by atoms with E-state index >= 15 is 0 Å². The van der Waals surface area contributed by atoms with Crippen molar-refractivity contribution in [2.75, 3.05) is 0 Å². The number of hydrogen-bond acceptors (Lipinski definition) is 2. The summed E-state index contributed by atoms with van der Waals surface area (Å²) in [6, 6.07) is 5.86. The summed E-state index contributed by atoms with van der Waals surface area (Å²) in [5.74, 6) is -0.230. The molecule has 2 rings (SSSR count). The molecule has 3 nitrogen and oxygen atoms in total. The minimum absolute atomic E-state index is 0.367. The minimum atomic E-state index is -0.597. The van der Waals surface area contributed by atoms with Gasteiger partial charge in [0, 0.05) is 0 Å². The van der Waals surface area contributed by atoms with Crippen molar-refractivity contribution >= 4 is 5.97 Å². The number of phenolic OH excluding ortho intramolecular Hbond substituents is 1. The van der Waals surface area contributed by atoms with Crippen LogP contribution >= 0.6 is 0 Å². The molecule has 1 aliphatic carbocycles. The molecule has 0 atom stereocenters. The average Bonchev–Trinajstić information content (AvgIpc) is 3.42. The maximum atomic E-state index is 11.2. The Kier molecular flexibility index (Phi) is 9.04. The van der Waals surface area contributed by atoms with Gasteiger partial charge in [0.05, 0.1) is 5.41 Å². The highest BCUT2D eigenvalue weighted by Crippen LogP contribution is 2.50. The average molecular weight is 403 g/mol. The monoisotopic (exact) mass is 402 g/mol. The number of aliphatic carboxylic acids is 1. The second-order valence-electron chi connectivity index (χ2n) is 10.4. The Morgan fingerprint density at radius 3 is 2.07 bits per heavy atom. The summed E-state index contributed by atoms with van der Waals surface area (Å²) in [6.45, 7) is 6.93. The van der Waals surface area contributed by atoms with Gasteiger partial charge in [0.1, 0.15) is 5.75 Å². The Bertz CT molecular complexity index is 638. The first-order chi connectivity index (χ1) is 13.7. The molecule has 0 aliphatic heterocycles. The van der Waals surface area contributed by atoms with Crippen molar-refractivity contribution < 1.29 is 15.0 Å². The van der Waals surface area contributed by atoms with Gasteiger partial charge in [-0.05, 0) is 80.0 Å². The molecule has 0 unspecified atom stereocenters. The number of carbonyl (C=O) groups is 1. The van der Waals surface area contributed by atoms with Crippen LogP contribution in [0, 0.1) is 10.8 Å². The van der Waals surface area contributed by atoms with Gasteiger partial charge in [-0.1, -0.05) is 65.4 Å². The topological polar surface area (TPSA) is 57.5 Å². The van der Waals surface area contributed by atoms with Gasteiger partial charge in [-0.3, -0.25) is 4.79 Å². The van der Waals surface area contributed by atoms with E-state index in [1.807, 2.05) is 12.1 Å². The predicted octanol–water partition coefficient (Wildman–Crippen LogP) is 7.29. The van der Waals surface area contributed by atoms with E-state index in [-0.39, 0.29) is 5.41 Å². The third kappa shape index (κ3) is 8.80. The zero-order valence-corrected chi connectivity index (χ0v) is 18.9. The molecule has 2 N–H and O–H groups in total. The summed E-state index contributed by atoms with van der Waals surface area (Å²) >= 11 is 0. The van der Waals surface area contributed by atoms with Crippen LogP contribution in [0.25, 0.3) is 0 Å². The van der Waals surface area contributed by atoms with Crippen molar-refractivity contribution in [2.45, 2.75) is 111 Å². The number of aryl methyl sites for hydroxylation is 2. The molecule has 1 aliphatic rings. The number of hydrogen-bond donors (Lipinski definition) is 2. The summed E-state index contributed by atoms with van der Waals surface area (Å²) in [4.78, 5) is 11.2. The van der Waals surface area contributed by atoms with E-state index in [1.165, 1.54) is 43.2 Å². The zero-order chi connectivity index (χ0) is 21.3. The fourth-order valence-electron chi connectivity index (χ4n) is 4.27. The molecule has 1 aromatic rings. The zero-order valence-electron chi connectivity index (χ0n) is 18.9. The van der Waals surface area contributed by atoms with E-state index < -0.39 is 5.97 Å². The molecular formula is C26H42O3. The number of carboxylic acids is 1. The van der Waals surface area contributed by atoms with Crippen LogP contribution in [0.1, 0.15) is 109 Å². The number of benzene rings is 1. The Balaban J connectivity index is 1.65. The van der Waals surface area contributed by atoms with E-state index in [0.717, 1.165) is 57.8 Å². The van der Waals surface area contributed by atoms with Crippen LogP contribution in [0.4, 0.5) is 0 Å². The molecule has 0 radical (unpaired) electrons. The van der Waals surface area contributed by atoms with Gasteiger partial charge in [-0.25, -0.2) is 0 Å². The lowest BCUT2D eigenvalue weighted by Gasteiger charge is -2.17. The molecule has 3 heteroatoms. The summed E-state index contributed by atoms with van der Waals surface area (Å²) in [6.07, 6.45) is 15.5. The van der Waals surface area contributed by atoms with Gasteiger partial charge in [0.2, 0.25) is 0 Å². The highest BCUT2D eigenvalue weighted by molar-refractivity contribution is 5.77. The predicted molar refractivity (Wildman–Crippen MR) is 120 cm³/mol. The van der Waals surface area contributed by atoms with Gasteiger partial charge in [-0.2, -0.15) is 0 Å².